The molecule has 0 radical (unpaired) electrons. The highest BCUT2D eigenvalue weighted by atomic mass is 14.6. The van der Waals surface area contributed by atoms with E-state index in [9.17, 15) is 0 Å². The predicted molar refractivity (Wildman–Crippen MR) is 56.1 cm³/mol. The molecule has 0 aliphatic carbocycles. The number of hydrogen-bond donors (Lipinski definition) is 1. The number of rotatable bonds is 6. The lowest BCUT2D eigenvalue weighted by Gasteiger charge is -2.14. The fourth-order valence-corrected chi connectivity index (χ4v) is 1.31. The van der Waals surface area contributed by atoms with Crippen molar-refractivity contribution in [1.82, 2.24) is 0 Å². The van der Waals surface area contributed by atoms with Gasteiger partial charge in [-0.25, -0.2) is 0 Å². The first-order valence-electron chi connectivity index (χ1n) is 5.05. The van der Waals surface area contributed by atoms with E-state index in [2.05, 4.69) is 20.4 Å². The van der Waals surface area contributed by atoms with Gasteiger partial charge < -0.3 is 5.73 Å². The second kappa shape index (κ2) is 6.24. The summed E-state index contributed by atoms with van der Waals surface area (Å²) in [7, 11) is 0. The van der Waals surface area contributed by atoms with E-state index >= 15 is 0 Å². The highest BCUT2D eigenvalue weighted by molar-refractivity contribution is 5.01. The lowest BCUT2D eigenvalue weighted by atomic mass is 9.94. The molecule has 1 unspecified atom stereocenters. The molecule has 0 amide bonds. The third-order valence-corrected chi connectivity index (χ3v) is 2.67. The summed E-state index contributed by atoms with van der Waals surface area (Å²) < 4.78 is 0. The van der Waals surface area contributed by atoms with Gasteiger partial charge in [-0.2, -0.15) is 0 Å². The van der Waals surface area contributed by atoms with Gasteiger partial charge in [0.25, 0.3) is 0 Å². The molecule has 1 nitrogen and oxygen atoms in total. The standard InChI is InChI=1S/C11H23N/c1-5-11(6-2)8-7-9(3)10(4)12/h10-11H,3,5-8,12H2,1-2,4H3. The fourth-order valence-electron chi connectivity index (χ4n) is 1.31. The molecule has 0 saturated carbocycles. The van der Waals surface area contributed by atoms with Crippen molar-refractivity contribution in [3.63, 3.8) is 0 Å². The van der Waals surface area contributed by atoms with Gasteiger partial charge in [0, 0.05) is 6.04 Å². The Hall–Kier alpha value is -0.300. The third kappa shape index (κ3) is 4.55. The number of hydrogen-bond acceptors (Lipinski definition) is 1. The van der Waals surface area contributed by atoms with E-state index in [0.29, 0.717) is 0 Å². The molecule has 2 N–H and O–H groups in total. The summed E-state index contributed by atoms with van der Waals surface area (Å²) in [5.41, 5.74) is 6.90. The largest absolute Gasteiger partial charge is 0.324 e. The van der Waals surface area contributed by atoms with Gasteiger partial charge in [-0.05, 0) is 25.7 Å². The predicted octanol–water partition coefficient (Wildman–Crippen LogP) is 3.11. The van der Waals surface area contributed by atoms with Crippen LogP contribution in [-0.4, -0.2) is 6.04 Å². The van der Waals surface area contributed by atoms with Gasteiger partial charge in [-0.15, -0.1) is 0 Å². The van der Waals surface area contributed by atoms with E-state index in [1.165, 1.54) is 24.8 Å². The van der Waals surface area contributed by atoms with Gasteiger partial charge >= 0.3 is 0 Å². The monoisotopic (exact) mass is 169 g/mol. The van der Waals surface area contributed by atoms with E-state index in [-0.39, 0.29) is 6.04 Å². The summed E-state index contributed by atoms with van der Waals surface area (Å²) in [5.74, 6) is 0.862. The zero-order valence-electron chi connectivity index (χ0n) is 8.77. The molecule has 0 aliphatic rings. The topological polar surface area (TPSA) is 26.0 Å². The molecule has 0 aliphatic heterocycles. The van der Waals surface area contributed by atoms with Gasteiger partial charge in [0.2, 0.25) is 0 Å². The normalized spacial score (nSPS) is 13.4. The quantitative estimate of drug-likeness (QED) is 0.607. The first kappa shape index (κ1) is 11.7. The molecule has 0 rings (SSSR count). The fraction of sp³-hybridized carbons (Fsp3) is 0.818. The van der Waals surface area contributed by atoms with Crippen LogP contribution in [0.2, 0.25) is 0 Å². The molecule has 0 spiro atoms. The summed E-state index contributed by atoms with van der Waals surface area (Å²) in [4.78, 5) is 0. The minimum atomic E-state index is 0.166. The van der Waals surface area contributed by atoms with Gasteiger partial charge in [-0.1, -0.05) is 38.8 Å². The maximum absolute atomic E-state index is 5.71. The Bertz CT molecular complexity index is 123. The Morgan fingerprint density at radius 3 is 2.17 bits per heavy atom. The maximum Gasteiger partial charge on any atom is 0.0222 e. The van der Waals surface area contributed by atoms with Crippen molar-refractivity contribution < 1.29 is 0 Å². The minimum Gasteiger partial charge on any atom is -0.324 e. The molecule has 72 valence electrons. The zero-order chi connectivity index (χ0) is 9.56. The van der Waals surface area contributed by atoms with Crippen LogP contribution in [0.4, 0.5) is 0 Å². The Morgan fingerprint density at radius 1 is 1.33 bits per heavy atom. The van der Waals surface area contributed by atoms with E-state index in [1.54, 1.807) is 0 Å². The first-order chi connectivity index (χ1) is 5.61. The van der Waals surface area contributed by atoms with Crippen molar-refractivity contribution >= 4 is 0 Å². The average molecular weight is 169 g/mol. The van der Waals surface area contributed by atoms with Gasteiger partial charge in [0.1, 0.15) is 0 Å². The van der Waals surface area contributed by atoms with E-state index in [0.717, 1.165) is 12.3 Å². The smallest absolute Gasteiger partial charge is 0.0222 e. The molecular formula is C11H23N. The first-order valence-corrected chi connectivity index (χ1v) is 5.05. The van der Waals surface area contributed by atoms with Crippen LogP contribution >= 0.6 is 0 Å². The highest BCUT2D eigenvalue weighted by Crippen LogP contribution is 2.18. The molecule has 0 aromatic carbocycles. The van der Waals surface area contributed by atoms with Crippen LogP contribution in [0.1, 0.15) is 46.5 Å². The highest BCUT2D eigenvalue weighted by Gasteiger charge is 2.06. The molecule has 0 aromatic rings. The molecule has 0 bridgehead atoms. The lowest BCUT2D eigenvalue weighted by Crippen LogP contribution is -2.17. The number of nitrogens with two attached hydrogens (primary N) is 1. The Balaban J connectivity index is 3.59. The van der Waals surface area contributed by atoms with E-state index in [1.807, 2.05) is 6.92 Å². The van der Waals surface area contributed by atoms with Crippen molar-refractivity contribution in [2.24, 2.45) is 11.7 Å². The lowest BCUT2D eigenvalue weighted by molar-refractivity contribution is 0.451. The summed E-state index contributed by atoms with van der Waals surface area (Å²) >= 11 is 0. The molecule has 0 aromatic heterocycles. The van der Waals surface area contributed by atoms with Gasteiger partial charge in [0.05, 0.1) is 0 Å². The van der Waals surface area contributed by atoms with Crippen LogP contribution in [0.15, 0.2) is 12.2 Å². The van der Waals surface area contributed by atoms with Crippen molar-refractivity contribution in [2.45, 2.75) is 52.5 Å². The second-order valence-corrected chi connectivity index (χ2v) is 3.67. The molecule has 1 heteroatoms. The molecular weight excluding hydrogens is 146 g/mol. The van der Waals surface area contributed by atoms with Crippen molar-refractivity contribution in [1.29, 1.82) is 0 Å². The van der Waals surface area contributed by atoms with Crippen molar-refractivity contribution in [3.8, 4) is 0 Å². The van der Waals surface area contributed by atoms with Crippen LogP contribution in [-0.2, 0) is 0 Å². The summed E-state index contributed by atoms with van der Waals surface area (Å²) in [6.45, 7) is 10.5. The minimum absolute atomic E-state index is 0.166. The van der Waals surface area contributed by atoms with Crippen LogP contribution in [0.5, 0.6) is 0 Å². The SMILES string of the molecule is C=C(CCC(CC)CC)C(C)N. The summed E-state index contributed by atoms with van der Waals surface area (Å²) in [6.07, 6.45) is 4.92. The van der Waals surface area contributed by atoms with Crippen LogP contribution < -0.4 is 5.73 Å². The summed E-state index contributed by atoms with van der Waals surface area (Å²) in [6, 6.07) is 0.166. The van der Waals surface area contributed by atoms with Crippen molar-refractivity contribution in [2.75, 3.05) is 0 Å². The molecule has 0 heterocycles. The van der Waals surface area contributed by atoms with Crippen molar-refractivity contribution in [3.05, 3.63) is 12.2 Å². The van der Waals surface area contributed by atoms with Gasteiger partial charge in [-0.3, -0.25) is 0 Å². The van der Waals surface area contributed by atoms with Crippen LogP contribution in [0, 0.1) is 5.92 Å². The third-order valence-electron chi connectivity index (χ3n) is 2.67. The molecule has 12 heavy (non-hydrogen) atoms. The van der Waals surface area contributed by atoms with Gasteiger partial charge in [0.15, 0.2) is 0 Å². The zero-order valence-corrected chi connectivity index (χ0v) is 8.77. The second-order valence-electron chi connectivity index (χ2n) is 3.67. The van der Waals surface area contributed by atoms with Crippen LogP contribution in [0.3, 0.4) is 0 Å². The Morgan fingerprint density at radius 2 is 1.83 bits per heavy atom. The Labute approximate surface area is 77.0 Å². The molecule has 1 atom stereocenters. The Kier molecular flexibility index (Phi) is 6.09. The summed E-state index contributed by atoms with van der Waals surface area (Å²) in [5, 5.41) is 0. The van der Waals surface area contributed by atoms with Crippen LogP contribution in [0.25, 0.3) is 0 Å². The molecule has 0 fully saturated rings. The maximum atomic E-state index is 5.71. The average Bonchev–Trinajstić information content (AvgIpc) is 2.05. The van der Waals surface area contributed by atoms with E-state index in [4.69, 9.17) is 5.73 Å². The van der Waals surface area contributed by atoms with E-state index < -0.39 is 0 Å². The molecule has 0 saturated heterocycles.